The van der Waals surface area contributed by atoms with Crippen molar-refractivity contribution in [2.45, 2.75) is 45.6 Å². The number of aromatic carboxylic acids is 1. The molecule has 19 heavy (non-hydrogen) atoms. The quantitative estimate of drug-likeness (QED) is 0.926. The van der Waals surface area contributed by atoms with Crippen LogP contribution in [-0.4, -0.2) is 28.4 Å². The highest BCUT2D eigenvalue weighted by Crippen LogP contribution is 2.24. The zero-order chi connectivity index (χ0) is 13.8. The van der Waals surface area contributed by atoms with Crippen LogP contribution in [0.5, 0.6) is 0 Å². The van der Waals surface area contributed by atoms with Crippen molar-refractivity contribution >= 4 is 23.2 Å². The maximum Gasteiger partial charge on any atom is 0.345 e. The molecule has 0 aliphatic carbocycles. The van der Waals surface area contributed by atoms with E-state index in [-0.39, 0.29) is 5.91 Å². The fourth-order valence-corrected chi connectivity index (χ4v) is 3.24. The maximum absolute atomic E-state index is 12.0. The van der Waals surface area contributed by atoms with E-state index in [0.717, 1.165) is 36.2 Å². The Morgan fingerprint density at radius 3 is 2.79 bits per heavy atom. The molecule has 1 aromatic rings. The molecule has 0 bridgehead atoms. The van der Waals surface area contributed by atoms with E-state index in [1.807, 2.05) is 11.8 Å². The zero-order valence-corrected chi connectivity index (χ0v) is 12.0. The smallest absolute Gasteiger partial charge is 0.345 e. The van der Waals surface area contributed by atoms with Crippen LogP contribution in [0.1, 0.15) is 52.2 Å². The third-order valence-electron chi connectivity index (χ3n) is 3.51. The molecule has 1 N–H and O–H groups in total. The minimum atomic E-state index is -0.890. The molecule has 0 radical (unpaired) electrons. The largest absolute Gasteiger partial charge is 0.477 e. The average molecular weight is 281 g/mol. The lowest BCUT2D eigenvalue weighted by molar-refractivity contribution is -0.132. The number of thiophene rings is 1. The summed E-state index contributed by atoms with van der Waals surface area (Å²) in [6.45, 7) is 3.26. The van der Waals surface area contributed by atoms with E-state index >= 15 is 0 Å². The summed E-state index contributed by atoms with van der Waals surface area (Å²) in [7, 11) is 0. The van der Waals surface area contributed by atoms with Crippen molar-refractivity contribution in [2.24, 2.45) is 0 Å². The maximum atomic E-state index is 12.0. The molecule has 4 nitrogen and oxygen atoms in total. The summed E-state index contributed by atoms with van der Waals surface area (Å²) in [5.41, 5.74) is 0.969. The predicted molar refractivity (Wildman–Crippen MR) is 74.5 cm³/mol. The predicted octanol–water partition coefficient (Wildman–Crippen LogP) is 3.05. The van der Waals surface area contributed by atoms with Crippen molar-refractivity contribution in [3.05, 3.63) is 21.4 Å². The molecular weight excluding hydrogens is 262 g/mol. The Morgan fingerprint density at radius 1 is 1.37 bits per heavy atom. The standard InChI is InChI=1S/C14H19NO3S/c1-10-11(8-12(19-10)14(17)18)9-15-7-5-3-2-4-6-13(15)16/h8H,2-7,9H2,1H3,(H,17,18). The monoisotopic (exact) mass is 281 g/mol. The molecule has 1 amide bonds. The normalized spacial score (nSPS) is 17.1. The topological polar surface area (TPSA) is 57.6 Å². The second kappa shape index (κ2) is 6.19. The summed E-state index contributed by atoms with van der Waals surface area (Å²) in [5.74, 6) is -0.694. The van der Waals surface area contributed by atoms with Gasteiger partial charge in [0.2, 0.25) is 5.91 Å². The minimum absolute atomic E-state index is 0.196. The molecule has 0 spiro atoms. The molecule has 0 atom stereocenters. The number of carbonyl (C=O) groups is 2. The SMILES string of the molecule is Cc1sc(C(=O)O)cc1CN1CCCCCCC1=O. The van der Waals surface area contributed by atoms with E-state index < -0.39 is 5.97 Å². The van der Waals surface area contributed by atoms with E-state index in [4.69, 9.17) is 5.11 Å². The van der Waals surface area contributed by atoms with Gasteiger partial charge in [-0.15, -0.1) is 11.3 Å². The average Bonchev–Trinajstić information content (AvgIpc) is 2.71. The molecule has 0 unspecified atom stereocenters. The highest BCUT2D eigenvalue weighted by Gasteiger charge is 2.18. The molecule has 1 aromatic heterocycles. The minimum Gasteiger partial charge on any atom is -0.477 e. The van der Waals surface area contributed by atoms with E-state index in [2.05, 4.69) is 0 Å². The summed E-state index contributed by atoms with van der Waals surface area (Å²) in [4.78, 5) is 26.2. The lowest BCUT2D eigenvalue weighted by atomic mass is 10.1. The van der Waals surface area contributed by atoms with Crippen molar-refractivity contribution in [1.82, 2.24) is 4.90 Å². The molecular formula is C14H19NO3S. The van der Waals surface area contributed by atoms with E-state index in [1.54, 1.807) is 6.07 Å². The molecule has 2 heterocycles. The van der Waals surface area contributed by atoms with Crippen LogP contribution in [0, 0.1) is 6.92 Å². The van der Waals surface area contributed by atoms with Gasteiger partial charge < -0.3 is 10.0 Å². The summed E-state index contributed by atoms with van der Waals surface area (Å²) >= 11 is 1.28. The summed E-state index contributed by atoms with van der Waals surface area (Å²) < 4.78 is 0. The number of rotatable bonds is 3. The van der Waals surface area contributed by atoms with Crippen LogP contribution in [0.25, 0.3) is 0 Å². The Balaban J connectivity index is 2.09. The van der Waals surface area contributed by atoms with Gasteiger partial charge >= 0.3 is 5.97 Å². The summed E-state index contributed by atoms with van der Waals surface area (Å²) in [5, 5.41) is 8.99. The van der Waals surface area contributed by atoms with Crippen LogP contribution in [0.3, 0.4) is 0 Å². The van der Waals surface area contributed by atoms with Crippen LogP contribution in [0.15, 0.2) is 6.07 Å². The van der Waals surface area contributed by atoms with E-state index in [1.165, 1.54) is 17.8 Å². The van der Waals surface area contributed by atoms with Crippen LogP contribution in [0.2, 0.25) is 0 Å². The van der Waals surface area contributed by atoms with Crippen LogP contribution < -0.4 is 0 Å². The number of carboxylic acids is 1. The second-order valence-electron chi connectivity index (χ2n) is 4.98. The Hall–Kier alpha value is -1.36. The van der Waals surface area contributed by atoms with Crippen molar-refractivity contribution in [3.63, 3.8) is 0 Å². The molecule has 0 saturated carbocycles. The first-order valence-corrected chi connectivity index (χ1v) is 7.50. The third kappa shape index (κ3) is 3.56. The first-order chi connectivity index (χ1) is 9.08. The first-order valence-electron chi connectivity index (χ1n) is 6.68. The van der Waals surface area contributed by atoms with Crippen molar-refractivity contribution in [3.8, 4) is 0 Å². The molecule has 2 rings (SSSR count). The number of hydrogen-bond acceptors (Lipinski definition) is 3. The van der Waals surface area contributed by atoms with Gasteiger partial charge in [0.15, 0.2) is 0 Å². The fourth-order valence-electron chi connectivity index (χ4n) is 2.37. The number of carbonyl (C=O) groups excluding carboxylic acids is 1. The molecule has 5 heteroatoms. The first kappa shape index (κ1) is 14.1. The summed E-state index contributed by atoms with van der Waals surface area (Å²) in [6.07, 6.45) is 4.95. The van der Waals surface area contributed by atoms with Gasteiger partial charge in [0.1, 0.15) is 4.88 Å². The molecule has 1 saturated heterocycles. The van der Waals surface area contributed by atoms with E-state index in [0.29, 0.717) is 17.8 Å². The molecule has 104 valence electrons. The van der Waals surface area contributed by atoms with Crippen LogP contribution in [0.4, 0.5) is 0 Å². The van der Waals surface area contributed by atoms with Crippen molar-refractivity contribution < 1.29 is 14.7 Å². The second-order valence-corrected chi connectivity index (χ2v) is 6.23. The van der Waals surface area contributed by atoms with Gasteiger partial charge in [0, 0.05) is 24.4 Å². The number of carboxylic acid groups (broad SMARTS) is 1. The number of nitrogens with zero attached hydrogens (tertiary/aromatic N) is 1. The third-order valence-corrected chi connectivity index (χ3v) is 4.59. The van der Waals surface area contributed by atoms with Gasteiger partial charge in [0.05, 0.1) is 0 Å². The van der Waals surface area contributed by atoms with Gasteiger partial charge in [-0.2, -0.15) is 0 Å². The van der Waals surface area contributed by atoms with E-state index in [9.17, 15) is 9.59 Å². The highest BCUT2D eigenvalue weighted by atomic mass is 32.1. The van der Waals surface area contributed by atoms with Gasteiger partial charge in [-0.1, -0.05) is 12.8 Å². The number of likely N-dealkylation sites (tertiary alicyclic amines) is 1. The van der Waals surface area contributed by atoms with Crippen LogP contribution in [-0.2, 0) is 11.3 Å². The number of aryl methyl sites for hydroxylation is 1. The Morgan fingerprint density at radius 2 is 2.11 bits per heavy atom. The Kier molecular flexibility index (Phi) is 4.58. The molecule has 1 fully saturated rings. The lowest BCUT2D eigenvalue weighted by Gasteiger charge is -2.24. The number of hydrogen-bond donors (Lipinski definition) is 1. The lowest BCUT2D eigenvalue weighted by Crippen LogP contribution is -2.32. The Labute approximate surface area is 117 Å². The molecule has 0 aromatic carbocycles. The van der Waals surface area contributed by atoms with Crippen molar-refractivity contribution in [2.75, 3.05) is 6.54 Å². The molecule has 1 aliphatic rings. The van der Waals surface area contributed by atoms with Gasteiger partial charge in [-0.3, -0.25) is 4.79 Å². The zero-order valence-electron chi connectivity index (χ0n) is 11.1. The fraction of sp³-hybridized carbons (Fsp3) is 0.571. The Bertz CT molecular complexity index is 481. The highest BCUT2D eigenvalue weighted by molar-refractivity contribution is 7.14. The number of amides is 1. The summed E-state index contributed by atoms with van der Waals surface area (Å²) in [6, 6.07) is 1.70. The van der Waals surface area contributed by atoms with Crippen LogP contribution >= 0.6 is 11.3 Å². The van der Waals surface area contributed by atoms with Gasteiger partial charge in [-0.05, 0) is 31.4 Å². The van der Waals surface area contributed by atoms with Gasteiger partial charge in [0.25, 0.3) is 0 Å². The van der Waals surface area contributed by atoms with Gasteiger partial charge in [-0.25, -0.2) is 4.79 Å². The molecule has 1 aliphatic heterocycles. The van der Waals surface area contributed by atoms with Crippen molar-refractivity contribution in [1.29, 1.82) is 0 Å².